The first kappa shape index (κ1) is 22.9. The molecule has 1 aliphatic rings. The number of ether oxygens (including phenoxy) is 2. The van der Waals surface area contributed by atoms with Crippen molar-refractivity contribution in [1.82, 2.24) is 4.98 Å². The normalized spacial score (nSPS) is 17.9. The summed E-state index contributed by atoms with van der Waals surface area (Å²) in [5, 5.41) is 3.57. The van der Waals surface area contributed by atoms with E-state index in [4.69, 9.17) is 9.47 Å². The van der Waals surface area contributed by atoms with Crippen LogP contribution in [0.4, 0.5) is 10.8 Å². The molecule has 0 unspecified atom stereocenters. The molecule has 3 aromatic carbocycles. The van der Waals surface area contributed by atoms with Crippen molar-refractivity contribution in [3.05, 3.63) is 78.4 Å². The largest absolute Gasteiger partial charge is 0.497 e. The SMILES string of the molecule is COc1ccc([C@H]2[C@H](C(=O)Nc3nc4ccccc4s3)CCC(=O)N2c2ccc(OC)cc2)cc1. The Balaban J connectivity index is 1.51. The van der Waals surface area contributed by atoms with Crippen LogP contribution in [0.15, 0.2) is 72.8 Å². The van der Waals surface area contributed by atoms with E-state index in [0.717, 1.165) is 15.8 Å². The molecule has 2 heterocycles. The molecule has 0 spiro atoms. The number of hydrogen-bond acceptors (Lipinski definition) is 6. The number of anilines is 2. The molecule has 0 bridgehead atoms. The number of nitrogens with zero attached hydrogens (tertiary/aromatic N) is 2. The average molecular weight is 488 g/mol. The third kappa shape index (κ3) is 4.57. The van der Waals surface area contributed by atoms with Gasteiger partial charge >= 0.3 is 0 Å². The molecule has 1 aromatic heterocycles. The number of aromatic nitrogens is 1. The van der Waals surface area contributed by atoms with Gasteiger partial charge in [0.15, 0.2) is 5.13 Å². The molecule has 178 valence electrons. The Morgan fingerprint density at radius 2 is 1.63 bits per heavy atom. The Kier molecular flexibility index (Phi) is 6.37. The minimum Gasteiger partial charge on any atom is -0.497 e. The summed E-state index contributed by atoms with van der Waals surface area (Å²) >= 11 is 1.44. The van der Waals surface area contributed by atoms with E-state index in [1.807, 2.05) is 72.8 Å². The smallest absolute Gasteiger partial charge is 0.231 e. The number of methoxy groups -OCH3 is 2. The van der Waals surface area contributed by atoms with Gasteiger partial charge in [-0.25, -0.2) is 4.98 Å². The van der Waals surface area contributed by atoms with Gasteiger partial charge in [-0.2, -0.15) is 0 Å². The molecule has 4 aromatic rings. The van der Waals surface area contributed by atoms with Crippen LogP contribution in [0, 0.1) is 5.92 Å². The third-order valence-corrected chi connectivity index (χ3v) is 7.22. The maximum atomic E-state index is 13.6. The second kappa shape index (κ2) is 9.76. The topological polar surface area (TPSA) is 80.8 Å². The van der Waals surface area contributed by atoms with Gasteiger partial charge in [0.05, 0.1) is 36.4 Å². The van der Waals surface area contributed by atoms with Gasteiger partial charge in [0.2, 0.25) is 11.8 Å². The summed E-state index contributed by atoms with van der Waals surface area (Å²) in [6, 6.07) is 22.2. The van der Waals surface area contributed by atoms with Crippen molar-refractivity contribution in [3.63, 3.8) is 0 Å². The van der Waals surface area contributed by atoms with Crippen molar-refractivity contribution < 1.29 is 19.1 Å². The number of hydrogen-bond donors (Lipinski definition) is 1. The Morgan fingerprint density at radius 3 is 2.29 bits per heavy atom. The minimum atomic E-state index is -0.482. The Morgan fingerprint density at radius 1 is 0.971 bits per heavy atom. The number of fused-ring (bicyclic) bond motifs is 1. The number of rotatable bonds is 6. The number of piperidine rings is 1. The van der Waals surface area contributed by atoms with E-state index >= 15 is 0 Å². The highest BCUT2D eigenvalue weighted by Crippen LogP contribution is 2.41. The minimum absolute atomic E-state index is 0.0278. The average Bonchev–Trinajstić information content (AvgIpc) is 3.31. The Labute approximate surface area is 207 Å². The fourth-order valence-electron chi connectivity index (χ4n) is 4.52. The molecule has 8 heteroatoms. The summed E-state index contributed by atoms with van der Waals surface area (Å²) in [7, 11) is 3.21. The fraction of sp³-hybridized carbons (Fsp3) is 0.222. The highest BCUT2D eigenvalue weighted by Gasteiger charge is 2.41. The van der Waals surface area contributed by atoms with Crippen molar-refractivity contribution >= 4 is 44.2 Å². The van der Waals surface area contributed by atoms with E-state index in [9.17, 15) is 9.59 Å². The highest BCUT2D eigenvalue weighted by molar-refractivity contribution is 7.22. The van der Waals surface area contributed by atoms with Crippen LogP contribution < -0.4 is 19.7 Å². The van der Waals surface area contributed by atoms with Crippen LogP contribution in [0.3, 0.4) is 0 Å². The number of nitrogens with one attached hydrogen (secondary N) is 1. The van der Waals surface area contributed by atoms with Crippen molar-refractivity contribution in [2.75, 3.05) is 24.4 Å². The zero-order valence-electron chi connectivity index (χ0n) is 19.4. The van der Waals surface area contributed by atoms with Crippen molar-refractivity contribution in [2.45, 2.75) is 18.9 Å². The number of thiazole rings is 1. The molecule has 2 amide bonds. The molecule has 2 atom stereocenters. The predicted molar refractivity (Wildman–Crippen MR) is 137 cm³/mol. The van der Waals surface area contributed by atoms with Gasteiger partial charge in [0.25, 0.3) is 0 Å². The Hall–Kier alpha value is -3.91. The predicted octanol–water partition coefficient (Wildman–Crippen LogP) is 5.44. The quantitative estimate of drug-likeness (QED) is 0.392. The first-order valence-corrected chi connectivity index (χ1v) is 12.2. The molecule has 7 nitrogen and oxygen atoms in total. The maximum absolute atomic E-state index is 13.6. The van der Waals surface area contributed by atoms with Gasteiger partial charge in [-0.15, -0.1) is 0 Å². The maximum Gasteiger partial charge on any atom is 0.231 e. The lowest BCUT2D eigenvalue weighted by Gasteiger charge is -2.40. The van der Waals surface area contributed by atoms with Gasteiger partial charge < -0.3 is 19.7 Å². The molecule has 1 aliphatic heterocycles. The number of carbonyl (C=O) groups excluding carboxylic acids is 2. The second-order valence-electron chi connectivity index (χ2n) is 8.30. The van der Waals surface area contributed by atoms with Crippen molar-refractivity contribution in [1.29, 1.82) is 0 Å². The molecular formula is C27H25N3O4S. The van der Waals surface area contributed by atoms with E-state index in [1.165, 1.54) is 11.3 Å². The number of benzene rings is 3. The molecule has 5 rings (SSSR count). The number of amides is 2. The zero-order valence-corrected chi connectivity index (χ0v) is 20.2. The van der Waals surface area contributed by atoms with Gasteiger partial charge in [-0.3, -0.25) is 9.59 Å². The third-order valence-electron chi connectivity index (χ3n) is 6.27. The summed E-state index contributed by atoms with van der Waals surface area (Å²) < 4.78 is 11.6. The zero-order chi connectivity index (χ0) is 24.4. The highest BCUT2D eigenvalue weighted by atomic mass is 32.1. The standard InChI is InChI=1S/C27H25N3O4S/c1-33-19-11-7-17(8-12-19)25-21(26(32)29-27-28-22-5-3-4-6-23(22)35-27)15-16-24(31)30(25)18-9-13-20(34-2)14-10-18/h3-14,21,25H,15-16H2,1-2H3,(H,28,29,32)/t21-,25+/m1/s1. The van der Waals surface area contributed by atoms with Crippen LogP contribution in [0.2, 0.25) is 0 Å². The van der Waals surface area contributed by atoms with E-state index in [2.05, 4.69) is 10.3 Å². The summed E-state index contributed by atoms with van der Waals surface area (Å²) in [6.45, 7) is 0. The van der Waals surface area contributed by atoms with E-state index < -0.39 is 12.0 Å². The van der Waals surface area contributed by atoms with Crippen LogP contribution in [0.25, 0.3) is 10.2 Å². The summed E-state index contributed by atoms with van der Waals surface area (Å²) in [6.07, 6.45) is 0.718. The second-order valence-corrected chi connectivity index (χ2v) is 9.33. The molecule has 1 N–H and O–H groups in total. The lowest BCUT2D eigenvalue weighted by molar-refractivity contribution is -0.125. The lowest BCUT2D eigenvalue weighted by Crippen LogP contribution is -2.46. The molecule has 35 heavy (non-hydrogen) atoms. The van der Waals surface area contributed by atoms with E-state index in [0.29, 0.717) is 28.7 Å². The van der Waals surface area contributed by atoms with Gasteiger partial charge in [0.1, 0.15) is 11.5 Å². The summed E-state index contributed by atoms with van der Waals surface area (Å²) in [5.74, 6) is 0.762. The van der Waals surface area contributed by atoms with Gasteiger partial charge in [0, 0.05) is 12.1 Å². The van der Waals surface area contributed by atoms with E-state index in [1.54, 1.807) is 19.1 Å². The molecular weight excluding hydrogens is 462 g/mol. The summed E-state index contributed by atoms with van der Waals surface area (Å²) in [5.41, 5.74) is 2.42. The fourth-order valence-corrected chi connectivity index (χ4v) is 5.39. The number of carbonyl (C=O) groups is 2. The first-order valence-electron chi connectivity index (χ1n) is 11.3. The van der Waals surface area contributed by atoms with Crippen LogP contribution >= 0.6 is 11.3 Å². The first-order chi connectivity index (χ1) is 17.1. The van der Waals surface area contributed by atoms with Gasteiger partial charge in [-0.05, 0) is 60.5 Å². The molecule has 0 radical (unpaired) electrons. The van der Waals surface area contributed by atoms with Crippen LogP contribution in [0.5, 0.6) is 11.5 Å². The molecule has 1 fully saturated rings. The number of para-hydroxylation sites is 1. The molecule has 0 saturated carbocycles. The lowest BCUT2D eigenvalue weighted by atomic mass is 9.83. The van der Waals surface area contributed by atoms with E-state index in [-0.39, 0.29) is 18.2 Å². The monoisotopic (exact) mass is 487 g/mol. The van der Waals surface area contributed by atoms with Crippen LogP contribution in [-0.2, 0) is 9.59 Å². The van der Waals surface area contributed by atoms with Gasteiger partial charge in [-0.1, -0.05) is 35.6 Å². The summed E-state index contributed by atoms with van der Waals surface area (Å²) in [4.78, 5) is 33.1. The van der Waals surface area contributed by atoms with Crippen LogP contribution in [-0.4, -0.2) is 31.0 Å². The Bertz CT molecular complexity index is 1320. The molecule has 1 saturated heterocycles. The van der Waals surface area contributed by atoms with Crippen LogP contribution in [0.1, 0.15) is 24.4 Å². The molecule has 0 aliphatic carbocycles. The van der Waals surface area contributed by atoms with Crippen molar-refractivity contribution in [3.8, 4) is 11.5 Å². The van der Waals surface area contributed by atoms with Crippen molar-refractivity contribution in [2.24, 2.45) is 5.92 Å².